The zero-order valence-electron chi connectivity index (χ0n) is 11.3. The van der Waals surface area contributed by atoms with Crippen LogP contribution < -0.4 is 10.9 Å². The van der Waals surface area contributed by atoms with Gasteiger partial charge in [-0.2, -0.15) is 4.37 Å². The Labute approximate surface area is 133 Å². The summed E-state index contributed by atoms with van der Waals surface area (Å²) < 4.78 is 4.57. The standard InChI is InChI=1S/C13H13BrN4O2S/c1-6-8(5-9(14)12(20)15-6)11(19)17-13-16-10(18-21-13)4-7-2-3-7/h5,7H,2-4H2,1H3,(H,15,20)(H,16,17,18,19). The Bertz CT molecular complexity index is 751. The zero-order chi connectivity index (χ0) is 15.0. The van der Waals surface area contributed by atoms with Gasteiger partial charge in [-0.1, -0.05) is 0 Å². The fourth-order valence-corrected chi connectivity index (χ4v) is 2.89. The largest absolute Gasteiger partial charge is 0.325 e. The van der Waals surface area contributed by atoms with Gasteiger partial charge < -0.3 is 4.98 Å². The molecule has 2 aromatic heterocycles. The van der Waals surface area contributed by atoms with E-state index in [0.29, 0.717) is 26.8 Å². The molecule has 2 heterocycles. The van der Waals surface area contributed by atoms with Gasteiger partial charge in [0.2, 0.25) is 5.13 Å². The minimum atomic E-state index is -0.307. The summed E-state index contributed by atoms with van der Waals surface area (Å²) in [5, 5.41) is 3.21. The first-order valence-corrected chi connectivity index (χ1v) is 8.13. The molecule has 0 aliphatic heterocycles. The molecular formula is C13H13BrN4O2S. The number of pyridine rings is 1. The lowest BCUT2D eigenvalue weighted by Crippen LogP contribution is -2.18. The lowest BCUT2D eigenvalue weighted by atomic mass is 10.2. The molecule has 0 unspecified atom stereocenters. The van der Waals surface area contributed by atoms with Crippen molar-refractivity contribution in [3.05, 3.63) is 38.0 Å². The van der Waals surface area contributed by atoms with Crippen LogP contribution in [-0.2, 0) is 6.42 Å². The number of H-pyrrole nitrogens is 1. The van der Waals surface area contributed by atoms with Crippen molar-refractivity contribution >= 4 is 38.5 Å². The van der Waals surface area contributed by atoms with Crippen LogP contribution in [0.3, 0.4) is 0 Å². The van der Waals surface area contributed by atoms with Gasteiger partial charge in [-0.25, -0.2) is 4.98 Å². The zero-order valence-corrected chi connectivity index (χ0v) is 13.7. The van der Waals surface area contributed by atoms with Gasteiger partial charge in [0.15, 0.2) is 0 Å². The Morgan fingerprint density at radius 2 is 2.33 bits per heavy atom. The first kappa shape index (κ1) is 14.4. The first-order valence-electron chi connectivity index (χ1n) is 6.56. The average Bonchev–Trinajstić information content (AvgIpc) is 3.13. The molecule has 1 fully saturated rings. The minimum absolute atomic E-state index is 0.258. The second kappa shape index (κ2) is 5.69. The third kappa shape index (κ3) is 3.38. The Morgan fingerprint density at radius 3 is 3.05 bits per heavy atom. The van der Waals surface area contributed by atoms with Gasteiger partial charge in [-0.3, -0.25) is 14.9 Å². The van der Waals surface area contributed by atoms with Crippen LogP contribution >= 0.6 is 27.5 Å². The highest BCUT2D eigenvalue weighted by Gasteiger charge is 2.23. The molecule has 1 amide bonds. The van der Waals surface area contributed by atoms with Crippen LogP contribution in [0.2, 0.25) is 0 Å². The second-order valence-corrected chi connectivity index (χ2v) is 6.71. The predicted molar refractivity (Wildman–Crippen MR) is 83.8 cm³/mol. The number of hydrogen-bond acceptors (Lipinski definition) is 5. The van der Waals surface area contributed by atoms with Gasteiger partial charge in [0, 0.05) is 23.6 Å². The van der Waals surface area contributed by atoms with Crippen molar-refractivity contribution in [2.45, 2.75) is 26.2 Å². The Balaban J connectivity index is 1.74. The van der Waals surface area contributed by atoms with Gasteiger partial charge in [-0.15, -0.1) is 0 Å². The Hall–Kier alpha value is -1.54. The SMILES string of the molecule is Cc1[nH]c(=O)c(Br)cc1C(=O)Nc1nc(CC2CC2)ns1. The number of nitrogens with one attached hydrogen (secondary N) is 2. The molecule has 0 atom stereocenters. The van der Waals surface area contributed by atoms with E-state index in [1.165, 1.54) is 30.4 Å². The van der Waals surface area contributed by atoms with Crippen molar-refractivity contribution in [1.29, 1.82) is 0 Å². The van der Waals surface area contributed by atoms with Crippen LogP contribution in [0.4, 0.5) is 5.13 Å². The summed E-state index contributed by atoms with van der Waals surface area (Å²) in [6, 6.07) is 1.51. The molecule has 1 aliphatic carbocycles. The highest BCUT2D eigenvalue weighted by Crippen LogP contribution is 2.32. The van der Waals surface area contributed by atoms with Gasteiger partial charge in [-0.05, 0) is 47.7 Å². The van der Waals surface area contributed by atoms with E-state index in [1.54, 1.807) is 6.92 Å². The van der Waals surface area contributed by atoms with E-state index in [1.807, 2.05) is 0 Å². The van der Waals surface area contributed by atoms with Gasteiger partial charge in [0.05, 0.1) is 10.0 Å². The number of aromatic nitrogens is 3. The van der Waals surface area contributed by atoms with Crippen molar-refractivity contribution in [3.63, 3.8) is 0 Å². The van der Waals surface area contributed by atoms with E-state index in [-0.39, 0.29) is 11.5 Å². The van der Waals surface area contributed by atoms with E-state index >= 15 is 0 Å². The number of nitrogens with zero attached hydrogens (tertiary/aromatic N) is 2. The molecule has 2 aromatic rings. The van der Waals surface area contributed by atoms with Crippen molar-refractivity contribution in [2.75, 3.05) is 5.32 Å². The molecule has 8 heteroatoms. The molecule has 2 N–H and O–H groups in total. The maximum absolute atomic E-state index is 12.2. The normalized spacial score (nSPS) is 14.2. The number of carbonyl (C=O) groups excluding carboxylic acids is 1. The summed E-state index contributed by atoms with van der Waals surface area (Å²) in [5.41, 5.74) is 0.663. The molecule has 1 aliphatic rings. The summed E-state index contributed by atoms with van der Waals surface area (Å²) in [6.07, 6.45) is 3.37. The molecule has 0 radical (unpaired) electrons. The third-order valence-corrected chi connectivity index (χ3v) is 4.55. The third-order valence-electron chi connectivity index (χ3n) is 3.29. The van der Waals surface area contributed by atoms with E-state index in [0.717, 1.165) is 12.2 Å². The molecule has 0 spiro atoms. The smallest absolute Gasteiger partial charge is 0.262 e. The van der Waals surface area contributed by atoms with Crippen LogP contribution in [0.5, 0.6) is 0 Å². The summed E-state index contributed by atoms with van der Waals surface area (Å²) >= 11 is 4.30. The van der Waals surface area contributed by atoms with Crippen molar-refractivity contribution < 1.29 is 4.79 Å². The lowest BCUT2D eigenvalue weighted by Gasteiger charge is -2.05. The average molecular weight is 369 g/mol. The number of halogens is 1. The lowest BCUT2D eigenvalue weighted by molar-refractivity contribution is 0.102. The molecule has 0 bridgehead atoms. The monoisotopic (exact) mass is 368 g/mol. The van der Waals surface area contributed by atoms with Crippen LogP contribution in [0.25, 0.3) is 0 Å². The van der Waals surface area contributed by atoms with Crippen LogP contribution in [0.1, 0.15) is 34.7 Å². The van der Waals surface area contributed by atoms with Crippen molar-refractivity contribution in [3.8, 4) is 0 Å². The highest BCUT2D eigenvalue weighted by molar-refractivity contribution is 9.10. The maximum Gasteiger partial charge on any atom is 0.262 e. The topological polar surface area (TPSA) is 87.7 Å². The molecule has 1 saturated carbocycles. The van der Waals surface area contributed by atoms with E-state index in [9.17, 15) is 9.59 Å². The molecular weight excluding hydrogens is 356 g/mol. The molecule has 0 aromatic carbocycles. The van der Waals surface area contributed by atoms with E-state index in [2.05, 4.69) is 35.6 Å². The van der Waals surface area contributed by atoms with E-state index in [4.69, 9.17) is 0 Å². The van der Waals surface area contributed by atoms with Crippen LogP contribution in [-0.4, -0.2) is 20.2 Å². The summed E-state index contributed by atoms with van der Waals surface area (Å²) in [6.45, 7) is 1.68. The van der Waals surface area contributed by atoms with Crippen molar-refractivity contribution in [1.82, 2.24) is 14.3 Å². The Kier molecular flexibility index (Phi) is 3.90. The molecule has 21 heavy (non-hydrogen) atoms. The molecule has 110 valence electrons. The number of anilines is 1. The van der Waals surface area contributed by atoms with Crippen molar-refractivity contribution in [2.24, 2.45) is 5.92 Å². The fraction of sp³-hybridized carbons (Fsp3) is 0.385. The van der Waals surface area contributed by atoms with Crippen LogP contribution in [0.15, 0.2) is 15.3 Å². The highest BCUT2D eigenvalue weighted by atomic mass is 79.9. The van der Waals surface area contributed by atoms with Gasteiger partial charge >= 0.3 is 0 Å². The molecule has 3 rings (SSSR count). The maximum atomic E-state index is 12.2. The van der Waals surface area contributed by atoms with Gasteiger partial charge in [0.1, 0.15) is 5.82 Å². The van der Waals surface area contributed by atoms with Crippen LogP contribution in [0, 0.1) is 12.8 Å². The summed E-state index contributed by atoms with van der Waals surface area (Å²) in [5.74, 6) is 1.19. The second-order valence-electron chi connectivity index (χ2n) is 5.10. The summed E-state index contributed by atoms with van der Waals surface area (Å²) in [4.78, 5) is 30.6. The number of amides is 1. The number of carbonyl (C=O) groups is 1. The number of aromatic amines is 1. The Morgan fingerprint density at radius 1 is 1.57 bits per heavy atom. The minimum Gasteiger partial charge on any atom is -0.325 e. The molecule has 0 saturated heterocycles. The predicted octanol–water partition coefficient (Wildman–Crippen LogP) is 2.50. The fourth-order valence-electron chi connectivity index (χ4n) is 1.97. The summed E-state index contributed by atoms with van der Waals surface area (Å²) in [7, 11) is 0. The van der Waals surface area contributed by atoms with E-state index < -0.39 is 0 Å². The first-order chi connectivity index (χ1) is 10.0. The number of rotatable bonds is 4. The quantitative estimate of drug-likeness (QED) is 0.867. The van der Waals surface area contributed by atoms with Gasteiger partial charge in [0.25, 0.3) is 11.5 Å². The molecule has 6 nitrogen and oxygen atoms in total. The number of hydrogen-bond donors (Lipinski definition) is 2. The number of aryl methyl sites for hydroxylation is 1.